The fraction of sp³-hybridized carbons (Fsp3) is 0.111. The average molecular weight is 276 g/mol. The zero-order chi connectivity index (χ0) is 14.5. The maximum absolute atomic E-state index is 5.23. The predicted molar refractivity (Wildman–Crippen MR) is 82.4 cm³/mol. The molecule has 104 valence electrons. The molecule has 0 aliphatic heterocycles. The summed E-state index contributed by atoms with van der Waals surface area (Å²) in [6.45, 7) is 0. The Morgan fingerprint density at radius 2 is 1.38 bits per heavy atom. The van der Waals surface area contributed by atoms with Crippen molar-refractivity contribution in [3.63, 3.8) is 0 Å². The van der Waals surface area contributed by atoms with Gasteiger partial charge in [0.2, 0.25) is 0 Å². The number of hydrogen-bond donors (Lipinski definition) is 0. The van der Waals surface area contributed by atoms with Crippen LogP contribution in [0, 0.1) is 0 Å². The Morgan fingerprint density at radius 3 is 2.00 bits per heavy atom. The van der Waals surface area contributed by atoms with Crippen LogP contribution in [0.3, 0.4) is 0 Å². The summed E-state index contributed by atoms with van der Waals surface area (Å²) in [6, 6.07) is 20.2. The van der Waals surface area contributed by atoms with Gasteiger partial charge in [0.15, 0.2) is 0 Å². The minimum atomic E-state index is 0.0262. The number of nitrogens with zero attached hydrogens (tertiary/aromatic N) is 2. The maximum Gasteiger partial charge on any atom is 0.140 e. The quantitative estimate of drug-likeness (QED) is 0.729. The molecular formula is C18H16N2O. The average Bonchev–Trinajstić information content (AvgIpc) is 2.58. The van der Waals surface area contributed by atoms with Gasteiger partial charge in [0, 0.05) is 12.4 Å². The summed E-state index contributed by atoms with van der Waals surface area (Å²) in [7, 11) is 1.67. The minimum Gasteiger partial charge on any atom is -0.497 e. The third kappa shape index (κ3) is 2.92. The second-order valence-electron chi connectivity index (χ2n) is 4.72. The SMILES string of the molecule is COc1ccc([C@@H](c2ccccc2)c2ncccn2)cc1. The Kier molecular flexibility index (Phi) is 3.92. The fourth-order valence-electron chi connectivity index (χ4n) is 2.39. The topological polar surface area (TPSA) is 35.0 Å². The lowest BCUT2D eigenvalue weighted by molar-refractivity contribution is 0.414. The van der Waals surface area contributed by atoms with Gasteiger partial charge in [0.05, 0.1) is 13.0 Å². The maximum atomic E-state index is 5.23. The number of ether oxygens (including phenoxy) is 1. The summed E-state index contributed by atoms with van der Waals surface area (Å²) in [5.74, 6) is 1.67. The molecule has 3 heteroatoms. The number of methoxy groups -OCH3 is 1. The van der Waals surface area contributed by atoms with Crippen molar-refractivity contribution in [2.75, 3.05) is 7.11 Å². The highest BCUT2D eigenvalue weighted by atomic mass is 16.5. The van der Waals surface area contributed by atoms with Crippen LogP contribution in [0.25, 0.3) is 0 Å². The van der Waals surface area contributed by atoms with Crippen LogP contribution >= 0.6 is 0 Å². The predicted octanol–water partition coefficient (Wildman–Crippen LogP) is 3.67. The molecule has 0 N–H and O–H groups in total. The molecule has 1 aromatic heterocycles. The van der Waals surface area contributed by atoms with E-state index in [1.807, 2.05) is 36.4 Å². The van der Waals surface area contributed by atoms with E-state index in [9.17, 15) is 0 Å². The lowest BCUT2D eigenvalue weighted by atomic mass is 9.90. The highest BCUT2D eigenvalue weighted by Crippen LogP contribution is 2.30. The first-order valence-corrected chi connectivity index (χ1v) is 6.84. The monoisotopic (exact) mass is 276 g/mol. The molecule has 3 rings (SSSR count). The molecule has 0 fully saturated rings. The molecule has 0 aliphatic carbocycles. The summed E-state index contributed by atoms with van der Waals surface area (Å²) in [5, 5.41) is 0. The van der Waals surface area contributed by atoms with E-state index in [0.717, 1.165) is 17.1 Å². The normalized spacial score (nSPS) is 11.9. The molecule has 0 aliphatic rings. The standard InChI is InChI=1S/C18H16N2O/c1-21-16-10-8-15(9-11-16)17(14-6-3-2-4-7-14)18-19-12-5-13-20-18/h2-13,17H,1H3/t17-/m1/s1. The summed E-state index contributed by atoms with van der Waals surface area (Å²) in [6.07, 6.45) is 3.56. The second-order valence-corrected chi connectivity index (χ2v) is 4.72. The number of rotatable bonds is 4. The number of benzene rings is 2. The van der Waals surface area contributed by atoms with E-state index < -0.39 is 0 Å². The van der Waals surface area contributed by atoms with Crippen LogP contribution < -0.4 is 4.74 Å². The van der Waals surface area contributed by atoms with Gasteiger partial charge in [-0.15, -0.1) is 0 Å². The third-order valence-corrected chi connectivity index (χ3v) is 3.43. The van der Waals surface area contributed by atoms with Crippen molar-refractivity contribution in [3.8, 4) is 5.75 Å². The summed E-state index contributed by atoms with van der Waals surface area (Å²) < 4.78 is 5.23. The molecule has 0 saturated carbocycles. The van der Waals surface area contributed by atoms with Gasteiger partial charge < -0.3 is 4.74 Å². The molecule has 1 heterocycles. The van der Waals surface area contributed by atoms with Gasteiger partial charge in [-0.1, -0.05) is 42.5 Å². The summed E-state index contributed by atoms with van der Waals surface area (Å²) >= 11 is 0. The Hall–Kier alpha value is -2.68. The van der Waals surface area contributed by atoms with Crippen LogP contribution in [-0.4, -0.2) is 17.1 Å². The fourth-order valence-corrected chi connectivity index (χ4v) is 2.39. The first-order chi connectivity index (χ1) is 10.4. The molecule has 0 radical (unpaired) electrons. The van der Waals surface area contributed by atoms with Crippen LogP contribution in [0.4, 0.5) is 0 Å². The van der Waals surface area contributed by atoms with Gasteiger partial charge in [-0.2, -0.15) is 0 Å². The van der Waals surface area contributed by atoms with E-state index in [2.05, 4.69) is 34.2 Å². The van der Waals surface area contributed by atoms with Crippen LogP contribution in [0.1, 0.15) is 22.9 Å². The molecular weight excluding hydrogens is 260 g/mol. The molecule has 0 amide bonds. The molecule has 3 aromatic rings. The smallest absolute Gasteiger partial charge is 0.140 e. The van der Waals surface area contributed by atoms with Gasteiger partial charge >= 0.3 is 0 Å². The van der Waals surface area contributed by atoms with E-state index in [1.165, 1.54) is 5.56 Å². The minimum absolute atomic E-state index is 0.0262. The van der Waals surface area contributed by atoms with E-state index in [0.29, 0.717) is 0 Å². The molecule has 0 saturated heterocycles. The van der Waals surface area contributed by atoms with E-state index in [1.54, 1.807) is 19.5 Å². The van der Waals surface area contributed by atoms with E-state index >= 15 is 0 Å². The van der Waals surface area contributed by atoms with E-state index in [-0.39, 0.29) is 5.92 Å². The van der Waals surface area contributed by atoms with Gasteiger partial charge in [0.1, 0.15) is 11.6 Å². The molecule has 0 bridgehead atoms. The Morgan fingerprint density at radius 1 is 0.762 bits per heavy atom. The van der Waals surface area contributed by atoms with Gasteiger partial charge in [0.25, 0.3) is 0 Å². The molecule has 3 nitrogen and oxygen atoms in total. The van der Waals surface area contributed by atoms with Crippen LogP contribution in [-0.2, 0) is 0 Å². The number of hydrogen-bond acceptors (Lipinski definition) is 3. The van der Waals surface area contributed by atoms with Crippen LogP contribution in [0.2, 0.25) is 0 Å². The van der Waals surface area contributed by atoms with Crippen molar-refractivity contribution in [1.29, 1.82) is 0 Å². The van der Waals surface area contributed by atoms with Crippen LogP contribution in [0.15, 0.2) is 73.1 Å². The molecule has 2 aromatic carbocycles. The first-order valence-electron chi connectivity index (χ1n) is 6.84. The first kappa shape index (κ1) is 13.3. The van der Waals surface area contributed by atoms with Gasteiger partial charge in [-0.3, -0.25) is 0 Å². The Bertz CT molecular complexity index is 642. The molecule has 21 heavy (non-hydrogen) atoms. The molecule has 0 unspecified atom stereocenters. The van der Waals surface area contributed by atoms with Crippen molar-refractivity contribution in [2.24, 2.45) is 0 Å². The lowest BCUT2D eigenvalue weighted by Gasteiger charge is -2.16. The zero-order valence-electron chi connectivity index (χ0n) is 11.8. The van der Waals surface area contributed by atoms with Crippen LogP contribution in [0.5, 0.6) is 5.75 Å². The number of aromatic nitrogens is 2. The highest BCUT2D eigenvalue weighted by Gasteiger charge is 2.18. The Labute approximate surface area is 124 Å². The third-order valence-electron chi connectivity index (χ3n) is 3.43. The van der Waals surface area contributed by atoms with E-state index in [4.69, 9.17) is 4.74 Å². The van der Waals surface area contributed by atoms with Gasteiger partial charge in [-0.05, 0) is 29.3 Å². The van der Waals surface area contributed by atoms with Crippen molar-refractivity contribution < 1.29 is 4.74 Å². The van der Waals surface area contributed by atoms with Crippen molar-refractivity contribution in [3.05, 3.63) is 90.0 Å². The second kappa shape index (κ2) is 6.18. The van der Waals surface area contributed by atoms with Crippen molar-refractivity contribution in [1.82, 2.24) is 9.97 Å². The zero-order valence-corrected chi connectivity index (χ0v) is 11.8. The summed E-state index contributed by atoms with van der Waals surface area (Å²) in [4.78, 5) is 8.86. The molecule has 1 atom stereocenters. The van der Waals surface area contributed by atoms with Crippen molar-refractivity contribution in [2.45, 2.75) is 5.92 Å². The largest absolute Gasteiger partial charge is 0.497 e. The van der Waals surface area contributed by atoms with Crippen molar-refractivity contribution >= 4 is 0 Å². The highest BCUT2D eigenvalue weighted by molar-refractivity contribution is 5.40. The Balaban J connectivity index is 2.07. The molecule has 0 spiro atoms. The summed E-state index contributed by atoms with van der Waals surface area (Å²) in [5.41, 5.74) is 2.32. The van der Waals surface area contributed by atoms with Gasteiger partial charge in [-0.25, -0.2) is 9.97 Å². The lowest BCUT2D eigenvalue weighted by Crippen LogP contribution is -2.07.